The Hall–Kier alpha value is -3.40. The molecule has 0 saturated carbocycles. The van der Waals surface area contributed by atoms with Crippen molar-refractivity contribution in [3.8, 4) is 17.2 Å². The summed E-state index contributed by atoms with van der Waals surface area (Å²) in [4.78, 5) is 25.5. The second-order valence-electron chi connectivity index (χ2n) is 8.51. The summed E-state index contributed by atoms with van der Waals surface area (Å²) in [6, 6.07) is 13.6. The molecule has 37 heavy (non-hydrogen) atoms. The van der Waals surface area contributed by atoms with E-state index in [-0.39, 0.29) is 44.7 Å². The number of carbonyl (C=O) groups is 2. The SMILES string of the molecule is CCOC(Cc1ccc(OCCN(CCCCC(C)(F)F)C(=O)Oc2ccccc2OC)cc1)C(=O)O. The van der Waals surface area contributed by atoms with Gasteiger partial charge in [-0.15, -0.1) is 0 Å². The first kappa shape index (κ1) is 29.8. The third-order valence-electron chi connectivity index (χ3n) is 5.44. The lowest BCUT2D eigenvalue weighted by molar-refractivity contribution is -0.149. The quantitative estimate of drug-likeness (QED) is 0.293. The minimum Gasteiger partial charge on any atom is -0.493 e. The molecular formula is C27H35F2NO7. The van der Waals surface area contributed by atoms with Crippen LogP contribution in [0.1, 0.15) is 38.7 Å². The first-order chi connectivity index (χ1) is 17.6. The first-order valence-electron chi connectivity index (χ1n) is 12.2. The molecule has 8 nitrogen and oxygen atoms in total. The summed E-state index contributed by atoms with van der Waals surface area (Å²) in [5.74, 6) is -2.60. The third kappa shape index (κ3) is 11.0. The molecule has 0 aliphatic heterocycles. The Bertz CT molecular complexity index is 979. The zero-order valence-electron chi connectivity index (χ0n) is 21.5. The number of halogens is 2. The van der Waals surface area contributed by atoms with E-state index < -0.39 is 24.1 Å². The van der Waals surface area contributed by atoms with Crippen molar-refractivity contribution in [2.45, 2.75) is 51.6 Å². The van der Waals surface area contributed by atoms with Crippen molar-refractivity contribution in [2.24, 2.45) is 0 Å². The molecule has 0 bridgehead atoms. The average Bonchev–Trinajstić information content (AvgIpc) is 2.85. The number of amides is 1. The maximum atomic E-state index is 13.2. The summed E-state index contributed by atoms with van der Waals surface area (Å²) in [5.41, 5.74) is 0.780. The van der Waals surface area contributed by atoms with Gasteiger partial charge in [-0.05, 0) is 56.5 Å². The lowest BCUT2D eigenvalue weighted by Crippen LogP contribution is -2.37. The Kier molecular flexibility index (Phi) is 12.1. The molecule has 0 fully saturated rings. The average molecular weight is 524 g/mol. The highest BCUT2D eigenvalue weighted by Gasteiger charge is 2.22. The Labute approximate surface area is 216 Å². The second kappa shape index (κ2) is 15.0. The number of alkyl halides is 2. The van der Waals surface area contributed by atoms with Gasteiger partial charge in [-0.3, -0.25) is 0 Å². The number of hydrogen-bond donors (Lipinski definition) is 1. The molecule has 0 aliphatic rings. The summed E-state index contributed by atoms with van der Waals surface area (Å²) < 4.78 is 48.0. The number of carbonyl (C=O) groups excluding carboxylic acids is 1. The highest BCUT2D eigenvalue weighted by atomic mass is 19.3. The van der Waals surface area contributed by atoms with Crippen LogP contribution in [-0.4, -0.2) is 67.5 Å². The standard InChI is InChI=1S/C27H35F2NO7/c1-4-35-24(25(31)32)19-20-11-13-21(14-12-20)36-18-17-30(16-8-7-15-27(2,28)29)26(33)37-23-10-6-5-9-22(23)34-3/h5-6,9-14,24H,4,7-8,15-19H2,1-3H3,(H,31,32). The minimum atomic E-state index is -2.76. The molecule has 0 radical (unpaired) electrons. The summed E-state index contributed by atoms with van der Waals surface area (Å²) >= 11 is 0. The second-order valence-corrected chi connectivity index (χ2v) is 8.51. The van der Waals surface area contributed by atoms with E-state index in [2.05, 4.69) is 0 Å². The number of rotatable bonds is 16. The fraction of sp³-hybridized carbons (Fsp3) is 0.481. The van der Waals surface area contributed by atoms with Crippen molar-refractivity contribution in [3.05, 3.63) is 54.1 Å². The number of aliphatic carboxylic acids is 1. The van der Waals surface area contributed by atoms with Gasteiger partial charge in [0.05, 0.1) is 13.7 Å². The van der Waals surface area contributed by atoms with Gasteiger partial charge < -0.3 is 29.0 Å². The Morgan fingerprint density at radius 3 is 2.30 bits per heavy atom. The maximum absolute atomic E-state index is 13.2. The molecule has 0 heterocycles. The van der Waals surface area contributed by atoms with E-state index in [9.17, 15) is 23.5 Å². The number of methoxy groups -OCH3 is 1. The zero-order chi connectivity index (χ0) is 27.3. The van der Waals surface area contributed by atoms with Crippen LogP contribution in [0.5, 0.6) is 17.2 Å². The monoisotopic (exact) mass is 523 g/mol. The van der Waals surface area contributed by atoms with Gasteiger partial charge in [0.2, 0.25) is 5.92 Å². The molecule has 0 spiro atoms. The Morgan fingerprint density at radius 1 is 1.03 bits per heavy atom. The fourth-order valence-electron chi connectivity index (χ4n) is 3.52. The number of carboxylic acids is 1. The number of carboxylic acid groups (broad SMARTS) is 1. The van der Waals surface area contributed by atoms with Crippen molar-refractivity contribution >= 4 is 12.1 Å². The molecular weight excluding hydrogens is 488 g/mol. The number of para-hydroxylation sites is 2. The fourth-order valence-corrected chi connectivity index (χ4v) is 3.52. The maximum Gasteiger partial charge on any atom is 0.415 e. The molecule has 1 amide bonds. The lowest BCUT2D eigenvalue weighted by atomic mass is 10.1. The minimum absolute atomic E-state index is 0.140. The zero-order valence-corrected chi connectivity index (χ0v) is 21.5. The predicted octanol–water partition coefficient (Wildman–Crippen LogP) is 5.43. The number of benzene rings is 2. The van der Waals surface area contributed by atoms with E-state index in [1.165, 1.54) is 12.0 Å². The molecule has 10 heteroatoms. The van der Waals surface area contributed by atoms with Crippen LogP contribution in [0.25, 0.3) is 0 Å². The van der Waals surface area contributed by atoms with E-state index in [4.69, 9.17) is 18.9 Å². The van der Waals surface area contributed by atoms with Crippen molar-refractivity contribution in [3.63, 3.8) is 0 Å². The van der Waals surface area contributed by atoms with Crippen LogP contribution in [-0.2, 0) is 16.0 Å². The summed E-state index contributed by atoms with van der Waals surface area (Å²) in [7, 11) is 1.47. The van der Waals surface area contributed by atoms with Crippen LogP contribution < -0.4 is 14.2 Å². The summed E-state index contributed by atoms with van der Waals surface area (Å²) in [5, 5.41) is 9.24. The molecule has 2 aromatic carbocycles. The molecule has 204 valence electrons. The number of unbranched alkanes of at least 4 members (excludes halogenated alkanes) is 1. The van der Waals surface area contributed by atoms with Gasteiger partial charge in [0.25, 0.3) is 0 Å². The highest BCUT2D eigenvalue weighted by Crippen LogP contribution is 2.26. The molecule has 2 rings (SSSR count). The van der Waals surface area contributed by atoms with Gasteiger partial charge in [-0.1, -0.05) is 24.3 Å². The van der Waals surface area contributed by atoms with Gasteiger partial charge in [0, 0.05) is 26.0 Å². The topological polar surface area (TPSA) is 94.5 Å². The lowest BCUT2D eigenvalue weighted by Gasteiger charge is -2.23. The Morgan fingerprint density at radius 2 is 1.70 bits per heavy atom. The molecule has 0 aromatic heterocycles. The number of hydrogen-bond acceptors (Lipinski definition) is 6. The third-order valence-corrected chi connectivity index (χ3v) is 5.44. The smallest absolute Gasteiger partial charge is 0.415 e. The van der Waals surface area contributed by atoms with E-state index in [1.807, 2.05) is 0 Å². The normalized spacial score (nSPS) is 12.0. The molecule has 1 unspecified atom stereocenters. The van der Waals surface area contributed by atoms with Gasteiger partial charge in [-0.25, -0.2) is 18.4 Å². The van der Waals surface area contributed by atoms with Gasteiger partial charge >= 0.3 is 12.1 Å². The molecule has 2 aromatic rings. The van der Waals surface area contributed by atoms with Crippen LogP contribution in [0.15, 0.2) is 48.5 Å². The number of ether oxygens (including phenoxy) is 4. The van der Waals surface area contributed by atoms with Crippen LogP contribution in [0.2, 0.25) is 0 Å². The molecule has 1 N–H and O–H groups in total. The van der Waals surface area contributed by atoms with Gasteiger partial charge in [-0.2, -0.15) is 0 Å². The first-order valence-corrected chi connectivity index (χ1v) is 12.2. The molecule has 0 saturated heterocycles. The van der Waals surface area contributed by atoms with Crippen molar-refractivity contribution in [2.75, 3.05) is 33.4 Å². The van der Waals surface area contributed by atoms with E-state index in [0.29, 0.717) is 24.5 Å². The van der Waals surface area contributed by atoms with Crippen molar-refractivity contribution in [1.82, 2.24) is 4.90 Å². The van der Waals surface area contributed by atoms with Crippen LogP contribution >= 0.6 is 0 Å². The summed E-state index contributed by atoms with van der Waals surface area (Å²) in [6.45, 7) is 3.44. The van der Waals surface area contributed by atoms with Crippen molar-refractivity contribution in [1.29, 1.82) is 0 Å². The largest absolute Gasteiger partial charge is 0.493 e. The highest BCUT2D eigenvalue weighted by molar-refractivity contribution is 5.73. The molecule has 1 atom stereocenters. The Balaban J connectivity index is 1.96. The summed E-state index contributed by atoms with van der Waals surface area (Å²) in [6.07, 6.45) is -0.970. The van der Waals surface area contributed by atoms with E-state index >= 15 is 0 Å². The molecule has 0 aliphatic carbocycles. The van der Waals surface area contributed by atoms with Gasteiger partial charge in [0.1, 0.15) is 12.4 Å². The van der Waals surface area contributed by atoms with Crippen LogP contribution in [0.3, 0.4) is 0 Å². The van der Waals surface area contributed by atoms with E-state index in [0.717, 1.165) is 12.5 Å². The van der Waals surface area contributed by atoms with Crippen LogP contribution in [0.4, 0.5) is 13.6 Å². The van der Waals surface area contributed by atoms with Crippen molar-refractivity contribution < 1.29 is 42.4 Å². The number of nitrogens with zero attached hydrogens (tertiary/aromatic N) is 1. The predicted molar refractivity (Wildman–Crippen MR) is 134 cm³/mol. The van der Waals surface area contributed by atoms with Crippen LogP contribution in [0, 0.1) is 0 Å². The van der Waals surface area contributed by atoms with E-state index in [1.54, 1.807) is 55.5 Å². The van der Waals surface area contributed by atoms with Gasteiger partial charge in [0.15, 0.2) is 17.6 Å².